The van der Waals surface area contributed by atoms with Gasteiger partial charge >= 0.3 is 11.9 Å². The van der Waals surface area contributed by atoms with Crippen molar-refractivity contribution in [1.82, 2.24) is 9.55 Å². The summed E-state index contributed by atoms with van der Waals surface area (Å²) in [6, 6.07) is 14.9. The number of aryl methyl sites for hydroxylation is 1. The van der Waals surface area contributed by atoms with Gasteiger partial charge in [0.1, 0.15) is 5.82 Å². The SMILES string of the molecule is Cc1ccc(-c2cnc(NCc3cccc(F)c3)n2C)cc1.O=C(O)C(=O)O. The minimum atomic E-state index is -1.82. The first-order valence-corrected chi connectivity index (χ1v) is 8.31. The summed E-state index contributed by atoms with van der Waals surface area (Å²) in [4.78, 5) is 22.6. The Hall–Kier alpha value is -3.68. The van der Waals surface area contributed by atoms with E-state index < -0.39 is 11.9 Å². The maximum Gasteiger partial charge on any atom is 0.414 e. The summed E-state index contributed by atoms with van der Waals surface area (Å²) < 4.78 is 15.2. The largest absolute Gasteiger partial charge is 0.473 e. The second kappa shape index (κ2) is 9.31. The van der Waals surface area contributed by atoms with Crippen LogP contribution >= 0.6 is 0 Å². The Balaban J connectivity index is 0.000000409. The summed E-state index contributed by atoms with van der Waals surface area (Å²) >= 11 is 0. The zero-order valence-corrected chi connectivity index (χ0v) is 15.4. The van der Waals surface area contributed by atoms with E-state index in [0.717, 1.165) is 22.8 Å². The molecule has 0 aliphatic heterocycles. The Morgan fingerprint density at radius 2 is 1.75 bits per heavy atom. The van der Waals surface area contributed by atoms with Crippen LogP contribution in [0, 0.1) is 12.7 Å². The number of rotatable bonds is 4. The summed E-state index contributed by atoms with van der Waals surface area (Å²) in [6.07, 6.45) is 1.85. The highest BCUT2D eigenvalue weighted by atomic mass is 19.1. The summed E-state index contributed by atoms with van der Waals surface area (Å²) in [5, 5.41) is 18.0. The first-order chi connectivity index (χ1) is 13.3. The number of aliphatic carboxylic acids is 2. The number of hydrogen-bond acceptors (Lipinski definition) is 4. The van der Waals surface area contributed by atoms with Gasteiger partial charge < -0.3 is 20.1 Å². The lowest BCUT2D eigenvalue weighted by Crippen LogP contribution is -2.09. The smallest absolute Gasteiger partial charge is 0.414 e. The first-order valence-electron chi connectivity index (χ1n) is 8.31. The van der Waals surface area contributed by atoms with Gasteiger partial charge in [-0.25, -0.2) is 19.0 Å². The summed E-state index contributed by atoms with van der Waals surface area (Å²) in [7, 11) is 1.97. The van der Waals surface area contributed by atoms with Crippen LogP contribution in [0.4, 0.5) is 10.3 Å². The topological polar surface area (TPSA) is 104 Å². The van der Waals surface area contributed by atoms with Crippen LogP contribution in [0.25, 0.3) is 11.3 Å². The molecule has 2 aromatic carbocycles. The van der Waals surface area contributed by atoms with Crippen molar-refractivity contribution in [3.8, 4) is 11.3 Å². The molecule has 8 heteroatoms. The molecule has 28 heavy (non-hydrogen) atoms. The van der Waals surface area contributed by atoms with E-state index in [1.165, 1.54) is 17.7 Å². The predicted octanol–water partition coefficient (Wildman–Crippen LogP) is 3.30. The third-order valence-electron chi connectivity index (χ3n) is 3.86. The Morgan fingerprint density at radius 3 is 2.32 bits per heavy atom. The van der Waals surface area contributed by atoms with Crippen LogP contribution in [-0.4, -0.2) is 31.7 Å². The molecule has 0 radical (unpaired) electrons. The van der Waals surface area contributed by atoms with Crippen molar-refractivity contribution in [2.75, 3.05) is 5.32 Å². The van der Waals surface area contributed by atoms with Gasteiger partial charge in [-0.15, -0.1) is 0 Å². The molecule has 3 rings (SSSR count). The molecule has 146 valence electrons. The van der Waals surface area contributed by atoms with Gasteiger partial charge in [-0.2, -0.15) is 0 Å². The van der Waals surface area contributed by atoms with Crippen molar-refractivity contribution in [3.63, 3.8) is 0 Å². The van der Waals surface area contributed by atoms with Crippen LogP contribution in [0.15, 0.2) is 54.7 Å². The molecule has 0 bridgehead atoms. The minimum absolute atomic E-state index is 0.223. The predicted molar refractivity (Wildman–Crippen MR) is 102 cm³/mol. The third-order valence-corrected chi connectivity index (χ3v) is 3.86. The lowest BCUT2D eigenvalue weighted by molar-refractivity contribution is -0.159. The van der Waals surface area contributed by atoms with E-state index in [2.05, 4.69) is 41.5 Å². The molecular formula is C20H20FN3O4. The lowest BCUT2D eigenvalue weighted by Gasteiger charge is -2.09. The molecule has 1 heterocycles. The molecule has 0 saturated carbocycles. The van der Waals surface area contributed by atoms with Crippen molar-refractivity contribution in [2.45, 2.75) is 13.5 Å². The van der Waals surface area contributed by atoms with Crippen molar-refractivity contribution in [3.05, 3.63) is 71.7 Å². The van der Waals surface area contributed by atoms with E-state index in [-0.39, 0.29) is 5.82 Å². The van der Waals surface area contributed by atoms with Crippen molar-refractivity contribution >= 4 is 17.9 Å². The van der Waals surface area contributed by atoms with Crippen LogP contribution in [0.5, 0.6) is 0 Å². The minimum Gasteiger partial charge on any atom is -0.473 e. The average Bonchev–Trinajstić information content (AvgIpc) is 3.02. The van der Waals surface area contributed by atoms with Crippen LogP contribution in [0.3, 0.4) is 0 Å². The van der Waals surface area contributed by atoms with Crippen molar-refractivity contribution in [2.24, 2.45) is 7.05 Å². The van der Waals surface area contributed by atoms with Gasteiger partial charge in [-0.1, -0.05) is 42.0 Å². The number of halogens is 1. The average molecular weight is 385 g/mol. The molecule has 0 spiro atoms. The number of carboxylic acid groups (broad SMARTS) is 2. The fraction of sp³-hybridized carbons (Fsp3) is 0.150. The van der Waals surface area contributed by atoms with Crippen LogP contribution in [-0.2, 0) is 23.2 Å². The first kappa shape index (κ1) is 20.6. The van der Waals surface area contributed by atoms with E-state index in [1.54, 1.807) is 6.07 Å². The Labute approximate surface area is 161 Å². The van der Waals surface area contributed by atoms with Crippen LogP contribution in [0.2, 0.25) is 0 Å². The van der Waals surface area contributed by atoms with Crippen LogP contribution < -0.4 is 5.32 Å². The molecule has 7 nitrogen and oxygen atoms in total. The molecule has 3 aromatic rings. The molecule has 0 aliphatic carbocycles. The highest BCUT2D eigenvalue weighted by Gasteiger charge is 2.08. The van der Waals surface area contributed by atoms with Gasteiger partial charge in [0.25, 0.3) is 0 Å². The van der Waals surface area contributed by atoms with E-state index in [0.29, 0.717) is 6.54 Å². The number of benzene rings is 2. The number of nitrogens with one attached hydrogen (secondary N) is 1. The van der Waals surface area contributed by atoms with E-state index in [1.807, 2.05) is 23.9 Å². The second-order valence-corrected chi connectivity index (χ2v) is 5.99. The van der Waals surface area contributed by atoms with Gasteiger partial charge in [0.05, 0.1) is 11.9 Å². The monoisotopic (exact) mass is 385 g/mol. The number of anilines is 1. The fourth-order valence-electron chi connectivity index (χ4n) is 2.39. The number of carboxylic acids is 2. The van der Waals surface area contributed by atoms with Crippen molar-refractivity contribution < 1.29 is 24.2 Å². The number of nitrogens with zero attached hydrogens (tertiary/aromatic N) is 2. The van der Waals surface area contributed by atoms with Gasteiger partial charge in [0.15, 0.2) is 0 Å². The van der Waals surface area contributed by atoms with Gasteiger partial charge in [-0.05, 0) is 30.2 Å². The maximum absolute atomic E-state index is 13.2. The highest BCUT2D eigenvalue weighted by Crippen LogP contribution is 2.22. The van der Waals surface area contributed by atoms with E-state index >= 15 is 0 Å². The molecule has 0 fully saturated rings. The molecular weight excluding hydrogens is 365 g/mol. The van der Waals surface area contributed by atoms with Gasteiger partial charge in [0, 0.05) is 13.6 Å². The van der Waals surface area contributed by atoms with Crippen molar-refractivity contribution in [1.29, 1.82) is 0 Å². The zero-order valence-electron chi connectivity index (χ0n) is 15.4. The lowest BCUT2D eigenvalue weighted by atomic mass is 10.1. The maximum atomic E-state index is 13.2. The van der Waals surface area contributed by atoms with E-state index in [4.69, 9.17) is 19.8 Å². The number of carbonyl (C=O) groups is 2. The molecule has 0 amide bonds. The van der Waals surface area contributed by atoms with Gasteiger partial charge in [0.2, 0.25) is 5.95 Å². The molecule has 1 aromatic heterocycles. The third kappa shape index (κ3) is 5.66. The molecule has 0 aliphatic rings. The Kier molecular flexibility index (Phi) is 6.86. The number of aromatic nitrogens is 2. The zero-order chi connectivity index (χ0) is 20.7. The van der Waals surface area contributed by atoms with Gasteiger partial charge in [-0.3, -0.25) is 0 Å². The molecule has 0 unspecified atom stereocenters. The highest BCUT2D eigenvalue weighted by molar-refractivity contribution is 6.27. The van der Waals surface area contributed by atoms with E-state index in [9.17, 15) is 4.39 Å². The fourth-order valence-corrected chi connectivity index (χ4v) is 2.39. The number of imidazole rings is 1. The molecule has 0 saturated heterocycles. The molecule has 0 atom stereocenters. The quantitative estimate of drug-likeness (QED) is 0.595. The number of hydrogen-bond donors (Lipinski definition) is 3. The van der Waals surface area contributed by atoms with Crippen LogP contribution in [0.1, 0.15) is 11.1 Å². The normalized spacial score (nSPS) is 9.96. The Morgan fingerprint density at radius 1 is 1.11 bits per heavy atom. The summed E-state index contributed by atoms with van der Waals surface area (Å²) in [6.45, 7) is 2.61. The second-order valence-electron chi connectivity index (χ2n) is 5.99. The molecule has 3 N–H and O–H groups in total. The standard InChI is InChI=1S/C18H18FN3.C2H2O4/c1-13-6-8-15(9-7-13)17-12-21-18(22(17)2)20-11-14-4-3-5-16(19)10-14;3-1(4)2(5)6/h3-10,12H,11H2,1-2H3,(H,20,21);(H,3,4)(H,5,6). The summed E-state index contributed by atoms with van der Waals surface area (Å²) in [5.74, 6) is -3.11. The Bertz CT molecular complexity index is 956. The summed E-state index contributed by atoms with van der Waals surface area (Å²) in [5.41, 5.74) is 4.29.